The van der Waals surface area contributed by atoms with Gasteiger partial charge in [0.2, 0.25) is 0 Å². The number of halogens is 2. The third kappa shape index (κ3) is 3.85. The lowest BCUT2D eigenvalue weighted by molar-refractivity contribution is 1.02. The van der Waals surface area contributed by atoms with Crippen molar-refractivity contribution in [1.82, 2.24) is 9.97 Å². The van der Waals surface area contributed by atoms with E-state index in [1.54, 1.807) is 11.8 Å². The molecule has 2 nitrogen and oxygen atoms in total. The molecule has 0 aliphatic carbocycles. The number of benzene rings is 1. The molecule has 0 atom stereocenters. The molecule has 1 aromatic heterocycles. The summed E-state index contributed by atoms with van der Waals surface area (Å²) < 4.78 is 0. The Morgan fingerprint density at radius 2 is 1.63 bits per heavy atom. The van der Waals surface area contributed by atoms with Crippen molar-refractivity contribution in [3.63, 3.8) is 0 Å². The molecular weight excluding hydrogens is 299 g/mol. The van der Waals surface area contributed by atoms with Crippen molar-refractivity contribution in [1.29, 1.82) is 0 Å². The van der Waals surface area contributed by atoms with E-state index in [1.807, 2.05) is 30.3 Å². The summed E-state index contributed by atoms with van der Waals surface area (Å²) in [5.74, 6) is 1.39. The molecule has 0 N–H and O–H groups in total. The largest absolute Gasteiger partial charge is 0.220 e. The van der Waals surface area contributed by atoms with Crippen molar-refractivity contribution in [3.8, 4) is 11.1 Å². The molecule has 0 saturated carbocycles. The number of nitrogens with zero attached hydrogens (tertiary/aromatic N) is 2. The quantitative estimate of drug-likeness (QED) is 0.735. The summed E-state index contributed by atoms with van der Waals surface area (Å²) in [5.41, 5.74) is 1.63. The highest BCUT2D eigenvalue weighted by Gasteiger charge is 2.13. The topological polar surface area (TPSA) is 25.8 Å². The van der Waals surface area contributed by atoms with E-state index in [0.29, 0.717) is 32.7 Å². The molecule has 1 aromatic carbocycles. The van der Waals surface area contributed by atoms with E-state index >= 15 is 0 Å². The Morgan fingerprint density at radius 1 is 1.05 bits per heavy atom. The van der Waals surface area contributed by atoms with Crippen LogP contribution in [0.2, 0.25) is 10.3 Å². The molecule has 0 spiro atoms. The van der Waals surface area contributed by atoms with Gasteiger partial charge in [0.05, 0.1) is 11.3 Å². The number of thioether (sulfide) groups is 1. The maximum Gasteiger partial charge on any atom is 0.142 e. The molecule has 0 amide bonds. The summed E-state index contributed by atoms with van der Waals surface area (Å²) in [6, 6.07) is 9.70. The summed E-state index contributed by atoms with van der Waals surface area (Å²) in [6.07, 6.45) is 0. The van der Waals surface area contributed by atoms with Crippen LogP contribution in [0.5, 0.6) is 0 Å². The lowest BCUT2D eigenvalue weighted by atomic mass is 10.1. The minimum absolute atomic E-state index is 0.408. The molecule has 0 radical (unpaired) electrons. The van der Waals surface area contributed by atoms with Crippen LogP contribution in [0.25, 0.3) is 11.1 Å². The molecule has 0 unspecified atom stereocenters. The third-order valence-corrected chi connectivity index (χ3v) is 4.11. The van der Waals surface area contributed by atoms with Gasteiger partial charge in [-0.1, -0.05) is 67.4 Å². The first kappa shape index (κ1) is 14.6. The average molecular weight is 313 g/mol. The average Bonchev–Trinajstić information content (AvgIpc) is 2.37. The predicted octanol–water partition coefficient (Wildman–Crippen LogP) is 5.09. The van der Waals surface area contributed by atoms with Crippen molar-refractivity contribution < 1.29 is 0 Å². The van der Waals surface area contributed by atoms with E-state index in [1.165, 1.54) is 0 Å². The van der Waals surface area contributed by atoms with E-state index in [2.05, 4.69) is 23.8 Å². The second-order valence-corrected chi connectivity index (χ2v) is 6.60. The molecule has 0 saturated heterocycles. The van der Waals surface area contributed by atoms with Gasteiger partial charge in [-0.15, -0.1) is 0 Å². The molecule has 1 heterocycles. The van der Waals surface area contributed by atoms with Gasteiger partial charge in [0.15, 0.2) is 0 Å². The summed E-state index contributed by atoms with van der Waals surface area (Å²) in [5, 5.41) is 1.34. The first-order chi connectivity index (χ1) is 9.08. The molecule has 0 bridgehead atoms. The highest BCUT2D eigenvalue weighted by molar-refractivity contribution is 7.99. The Morgan fingerprint density at radius 3 is 2.16 bits per heavy atom. The van der Waals surface area contributed by atoms with Crippen LogP contribution in [0, 0.1) is 0 Å². The second-order valence-electron chi connectivity index (χ2n) is 4.32. The Bertz CT molecular complexity index is 536. The standard InChI is InChI=1S/C14H14Cl2N2S/c1-9(2)19-8-11-17-13(15)12(14(16)18-11)10-6-4-3-5-7-10/h3-7,9H,8H2,1-2H3. The summed E-state index contributed by atoms with van der Waals surface area (Å²) >= 11 is 14.2. The molecule has 0 fully saturated rings. The Kier molecular flexibility index (Phi) is 5.08. The van der Waals surface area contributed by atoms with Crippen molar-refractivity contribution in [3.05, 3.63) is 46.5 Å². The SMILES string of the molecule is CC(C)SCc1nc(Cl)c(-c2ccccc2)c(Cl)n1. The highest BCUT2D eigenvalue weighted by atomic mass is 35.5. The fraction of sp³-hybridized carbons (Fsp3) is 0.286. The zero-order valence-electron chi connectivity index (χ0n) is 10.7. The summed E-state index contributed by atoms with van der Waals surface area (Å²) in [4.78, 5) is 8.66. The molecule has 5 heteroatoms. The number of rotatable bonds is 4. The highest BCUT2D eigenvalue weighted by Crippen LogP contribution is 2.32. The van der Waals surface area contributed by atoms with E-state index in [9.17, 15) is 0 Å². The Balaban J connectivity index is 2.33. The zero-order valence-corrected chi connectivity index (χ0v) is 13.1. The zero-order chi connectivity index (χ0) is 13.8. The maximum absolute atomic E-state index is 6.24. The minimum atomic E-state index is 0.408. The number of hydrogen-bond acceptors (Lipinski definition) is 3. The molecular formula is C14H14Cl2N2S. The van der Waals surface area contributed by atoms with E-state index in [0.717, 1.165) is 5.56 Å². The monoisotopic (exact) mass is 312 g/mol. The van der Waals surface area contributed by atoms with Crippen LogP contribution in [0.3, 0.4) is 0 Å². The molecule has 0 aliphatic rings. The van der Waals surface area contributed by atoms with Crippen LogP contribution in [-0.4, -0.2) is 15.2 Å². The van der Waals surface area contributed by atoms with Gasteiger partial charge >= 0.3 is 0 Å². The van der Waals surface area contributed by atoms with Gasteiger partial charge in [-0.05, 0) is 10.8 Å². The van der Waals surface area contributed by atoms with Crippen molar-refractivity contribution in [2.24, 2.45) is 0 Å². The molecule has 19 heavy (non-hydrogen) atoms. The van der Waals surface area contributed by atoms with Crippen LogP contribution >= 0.6 is 35.0 Å². The molecule has 0 aliphatic heterocycles. The second kappa shape index (κ2) is 6.60. The van der Waals surface area contributed by atoms with Crippen LogP contribution in [0.1, 0.15) is 19.7 Å². The van der Waals surface area contributed by atoms with Crippen LogP contribution < -0.4 is 0 Å². The van der Waals surface area contributed by atoms with E-state index < -0.39 is 0 Å². The van der Waals surface area contributed by atoms with Gasteiger partial charge in [0, 0.05) is 0 Å². The molecule has 100 valence electrons. The lowest BCUT2D eigenvalue weighted by Crippen LogP contribution is -1.99. The smallest absolute Gasteiger partial charge is 0.142 e. The number of hydrogen-bond donors (Lipinski definition) is 0. The van der Waals surface area contributed by atoms with Gasteiger partial charge in [0.1, 0.15) is 16.1 Å². The van der Waals surface area contributed by atoms with Crippen LogP contribution in [0.4, 0.5) is 0 Å². The Labute approximate surface area is 127 Å². The van der Waals surface area contributed by atoms with Crippen LogP contribution in [0.15, 0.2) is 30.3 Å². The van der Waals surface area contributed by atoms with Crippen molar-refractivity contribution in [2.75, 3.05) is 0 Å². The first-order valence-corrected chi connectivity index (χ1v) is 7.77. The fourth-order valence-corrected chi connectivity index (χ4v) is 2.85. The minimum Gasteiger partial charge on any atom is -0.220 e. The third-order valence-electron chi connectivity index (χ3n) is 2.48. The number of aromatic nitrogens is 2. The molecule has 2 rings (SSSR count). The summed E-state index contributed by atoms with van der Waals surface area (Å²) in [6.45, 7) is 4.26. The van der Waals surface area contributed by atoms with Crippen molar-refractivity contribution >= 4 is 35.0 Å². The van der Waals surface area contributed by atoms with Gasteiger partial charge in [0.25, 0.3) is 0 Å². The first-order valence-electron chi connectivity index (χ1n) is 5.97. The Hall–Kier alpha value is -0.770. The van der Waals surface area contributed by atoms with Gasteiger partial charge < -0.3 is 0 Å². The molecule has 2 aromatic rings. The summed E-state index contributed by atoms with van der Waals surface area (Å²) in [7, 11) is 0. The van der Waals surface area contributed by atoms with E-state index in [-0.39, 0.29) is 0 Å². The normalized spacial score (nSPS) is 11.0. The van der Waals surface area contributed by atoms with Gasteiger partial charge in [-0.25, -0.2) is 9.97 Å². The maximum atomic E-state index is 6.24. The van der Waals surface area contributed by atoms with Crippen molar-refractivity contribution in [2.45, 2.75) is 24.9 Å². The van der Waals surface area contributed by atoms with E-state index in [4.69, 9.17) is 23.2 Å². The van der Waals surface area contributed by atoms with Gasteiger partial charge in [-0.3, -0.25) is 0 Å². The fourth-order valence-electron chi connectivity index (χ4n) is 1.60. The lowest BCUT2D eigenvalue weighted by Gasteiger charge is -2.09. The van der Waals surface area contributed by atoms with Crippen LogP contribution in [-0.2, 0) is 5.75 Å². The van der Waals surface area contributed by atoms with Gasteiger partial charge in [-0.2, -0.15) is 11.8 Å². The predicted molar refractivity (Wildman–Crippen MR) is 83.9 cm³/mol.